The van der Waals surface area contributed by atoms with E-state index in [9.17, 15) is 4.39 Å². The molecule has 0 fully saturated rings. The van der Waals surface area contributed by atoms with Gasteiger partial charge in [0, 0.05) is 10.6 Å². The summed E-state index contributed by atoms with van der Waals surface area (Å²) in [4.78, 5) is 4.76. The van der Waals surface area contributed by atoms with Crippen LogP contribution >= 0.6 is 11.6 Å². The highest BCUT2D eigenvalue weighted by Crippen LogP contribution is 2.41. The van der Waals surface area contributed by atoms with Crippen molar-refractivity contribution < 1.29 is 4.39 Å². The van der Waals surface area contributed by atoms with Gasteiger partial charge in [-0.1, -0.05) is 54.1 Å². The zero-order chi connectivity index (χ0) is 18.4. The molecule has 0 amide bonds. The number of rotatable bonds is 2. The molecule has 5 rings (SSSR count). The molecule has 0 saturated carbocycles. The fourth-order valence-corrected chi connectivity index (χ4v) is 4.06. The molecule has 0 unspecified atom stereocenters. The molecule has 0 saturated heterocycles. The van der Waals surface area contributed by atoms with Gasteiger partial charge in [-0.25, -0.2) is 9.37 Å². The van der Waals surface area contributed by atoms with Crippen LogP contribution < -0.4 is 5.32 Å². The van der Waals surface area contributed by atoms with E-state index in [0.717, 1.165) is 29.0 Å². The first kappa shape index (κ1) is 16.3. The lowest BCUT2D eigenvalue weighted by Crippen LogP contribution is -2.27. The molecule has 2 heterocycles. The van der Waals surface area contributed by atoms with Crippen LogP contribution in [-0.4, -0.2) is 9.55 Å². The molecule has 2 atom stereocenters. The average molecular weight is 378 g/mol. The molecule has 0 bridgehead atoms. The van der Waals surface area contributed by atoms with Crippen LogP contribution in [-0.2, 0) is 0 Å². The van der Waals surface area contributed by atoms with Gasteiger partial charge < -0.3 is 9.88 Å². The molecular weight excluding hydrogens is 361 g/mol. The zero-order valence-corrected chi connectivity index (χ0v) is 15.2. The maximum Gasteiger partial charge on any atom is 0.204 e. The smallest absolute Gasteiger partial charge is 0.204 e. The summed E-state index contributed by atoms with van der Waals surface area (Å²) in [7, 11) is 0. The minimum absolute atomic E-state index is 0.0242. The van der Waals surface area contributed by atoms with Gasteiger partial charge in [0.05, 0.1) is 23.1 Å². The van der Waals surface area contributed by atoms with Crippen molar-refractivity contribution in [3.05, 3.63) is 94.8 Å². The van der Waals surface area contributed by atoms with E-state index in [1.54, 1.807) is 6.07 Å². The van der Waals surface area contributed by atoms with Crippen LogP contribution in [0.5, 0.6) is 0 Å². The number of nitrogens with one attached hydrogen (secondary N) is 1. The molecule has 1 aromatic heterocycles. The van der Waals surface area contributed by atoms with Crippen molar-refractivity contribution in [2.24, 2.45) is 0 Å². The molecule has 0 radical (unpaired) electrons. The molecule has 1 N–H and O–H groups in total. The molecule has 1 aliphatic rings. The molecule has 5 heteroatoms. The Labute approximate surface area is 161 Å². The first-order chi connectivity index (χ1) is 13.2. The molecule has 134 valence electrons. The Morgan fingerprint density at radius 3 is 2.52 bits per heavy atom. The SMILES string of the molecule is Fc1ccccc1[C@@H]1C[C@@H](c2ccc(Cl)cc2)Nc2nc3ccccc3n21. The van der Waals surface area contributed by atoms with Gasteiger partial charge in [0.2, 0.25) is 5.95 Å². The first-order valence-corrected chi connectivity index (χ1v) is 9.32. The lowest BCUT2D eigenvalue weighted by atomic mass is 9.92. The Balaban J connectivity index is 1.68. The molecule has 1 aliphatic heterocycles. The van der Waals surface area contributed by atoms with Gasteiger partial charge >= 0.3 is 0 Å². The maximum absolute atomic E-state index is 14.7. The fourth-order valence-electron chi connectivity index (χ4n) is 3.93. The Bertz CT molecular complexity index is 1120. The zero-order valence-electron chi connectivity index (χ0n) is 14.4. The summed E-state index contributed by atoms with van der Waals surface area (Å²) in [5, 5.41) is 4.23. The van der Waals surface area contributed by atoms with Crippen LogP contribution in [0, 0.1) is 5.82 Å². The third-order valence-electron chi connectivity index (χ3n) is 5.21. The minimum Gasteiger partial charge on any atom is -0.349 e. The standard InChI is InChI=1S/C22H17ClFN3/c23-15-11-9-14(10-12-15)19-13-21(16-5-1-2-6-17(16)24)27-20-8-4-3-7-18(20)25-22(27)26-19/h1-12,19,21H,13H2,(H,25,26)/t19-,21-/m0/s1. The monoisotopic (exact) mass is 377 g/mol. The van der Waals surface area contributed by atoms with Gasteiger partial charge in [-0.3, -0.25) is 0 Å². The quantitative estimate of drug-likeness (QED) is 0.466. The topological polar surface area (TPSA) is 29.9 Å². The van der Waals surface area contributed by atoms with E-state index in [1.165, 1.54) is 6.07 Å². The van der Waals surface area contributed by atoms with Crippen molar-refractivity contribution >= 4 is 28.6 Å². The molecule has 3 nitrogen and oxygen atoms in total. The summed E-state index contributed by atoms with van der Waals surface area (Å²) in [5.74, 6) is 0.568. The molecule has 3 aromatic carbocycles. The second-order valence-corrected chi connectivity index (χ2v) is 7.25. The molecule has 4 aromatic rings. The van der Waals surface area contributed by atoms with Gasteiger partial charge in [0.25, 0.3) is 0 Å². The van der Waals surface area contributed by atoms with Crippen LogP contribution in [0.1, 0.15) is 29.6 Å². The van der Waals surface area contributed by atoms with E-state index in [1.807, 2.05) is 60.7 Å². The number of nitrogens with zero attached hydrogens (tertiary/aromatic N) is 2. The molecule has 27 heavy (non-hydrogen) atoms. The lowest BCUT2D eigenvalue weighted by molar-refractivity contribution is 0.457. The van der Waals surface area contributed by atoms with Crippen molar-refractivity contribution in [3.63, 3.8) is 0 Å². The summed E-state index contributed by atoms with van der Waals surface area (Å²) >= 11 is 6.04. The van der Waals surface area contributed by atoms with Crippen LogP contribution in [0.15, 0.2) is 72.8 Å². The first-order valence-electron chi connectivity index (χ1n) is 8.94. The highest BCUT2D eigenvalue weighted by atomic mass is 35.5. The summed E-state index contributed by atoms with van der Waals surface area (Å²) in [5.41, 5.74) is 3.70. The van der Waals surface area contributed by atoms with E-state index in [-0.39, 0.29) is 17.9 Å². The second kappa shape index (κ2) is 6.39. The van der Waals surface area contributed by atoms with Crippen LogP contribution in [0.4, 0.5) is 10.3 Å². The highest BCUT2D eigenvalue weighted by molar-refractivity contribution is 6.30. The van der Waals surface area contributed by atoms with Gasteiger partial charge in [-0.2, -0.15) is 0 Å². The predicted octanol–water partition coefficient (Wildman–Crippen LogP) is 5.98. The van der Waals surface area contributed by atoms with E-state index in [2.05, 4.69) is 9.88 Å². The molecule has 0 aliphatic carbocycles. The third kappa shape index (κ3) is 2.77. The minimum atomic E-state index is -0.192. The second-order valence-electron chi connectivity index (χ2n) is 6.82. The predicted molar refractivity (Wildman–Crippen MR) is 107 cm³/mol. The van der Waals surface area contributed by atoms with Crippen molar-refractivity contribution in [1.82, 2.24) is 9.55 Å². The number of para-hydroxylation sites is 2. The Kier molecular flexibility index (Phi) is 3.87. The number of benzene rings is 3. The number of fused-ring (bicyclic) bond motifs is 3. The maximum atomic E-state index is 14.7. The number of aromatic nitrogens is 2. The van der Waals surface area contributed by atoms with E-state index in [4.69, 9.17) is 16.6 Å². The Morgan fingerprint density at radius 1 is 0.963 bits per heavy atom. The number of anilines is 1. The Hall–Kier alpha value is -2.85. The van der Waals surface area contributed by atoms with Crippen molar-refractivity contribution in [2.75, 3.05) is 5.32 Å². The molecular formula is C22H17ClFN3. The fraction of sp³-hybridized carbons (Fsp3) is 0.136. The van der Waals surface area contributed by atoms with Crippen LogP contribution in [0.25, 0.3) is 11.0 Å². The van der Waals surface area contributed by atoms with Gasteiger partial charge in [-0.05, 0) is 42.3 Å². The Morgan fingerprint density at radius 2 is 1.70 bits per heavy atom. The van der Waals surface area contributed by atoms with Gasteiger partial charge in [0.15, 0.2) is 0 Å². The number of hydrogen-bond donors (Lipinski definition) is 1. The van der Waals surface area contributed by atoms with Crippen molar-refractivity contribution in [1.29, 1.82) is 0 Å². The van der Waals surface area contributed by atoms with Gasteiger partial charge in [-0.15, -0.1) is 0 Å². The van der Waals surface area contributed by atoms with E-state index < -0.39 is 0 Å². The summed E-state index contributed by atoms with van der Waals surface area (Å²) in [6.45, 7) is 0. The number of imidazole rings is 1. The van der Waals surface area contributed by atoms with Crippen molar-refractivity contribution in [3.8, 4) is 0 Å². The highest BCUT2D eigenvalue weighted by Gasteiger charge is 2.32. The molecule has 0 spiro atoms. The summed E-state index contributed by atoms with van der Waals surface area (Å²) < 4.78 is 16.8. The van der Waals surface area contributed by atoms with E-state index in [0.29, 0.717) is 10.6 Å². The van der Waals surface area contributed by atoms with E-state index >= 15 is 0 Å². The third-order valence-corrected chi connectivity index (χ3v) is 5.46. The van der Waals surface area contributed by atoms with Crippen LogP contribution in [0.3, 0.4) is 0 Å². The largest absolute Gasteiger partial charge is 0.349 e. The van der Waals surface area contributed by atoms with Crippen LogP contribution in [0.2, 0.25) is 5.02 Å². The normalized spacial score (nSPS) is 18.9. The summed E-state index contributed by atoms with van der Waals surface area (Å²) in [6.07, 6.45) is 0.718. The van der Waals surface area contributed by atoms with Gasteiger partial charge in [0.1, 0.15) is 5.82 Å². The number of halogens is 2. The lowest BCUT2D eigenvalue weighted by Gasteiger charge is -2.33. The average Bonchev–Trinajstić information content (AvgIpc) is 3.07. The summed E-state index contributed by atoms with van der Waals surface area (Å²) in [6, 6.07) is 22.6. The van der Waals surface area contributed by atoms with Crippen molar-refractivity contribution in [2.45, 2.75) is 18.5 Å². The number of hydrogen-bond acceptors (Lipinski definition) is 2.